The standard InChI is InChI=1S/C20H23N7O4S/c1-5-12-25-19(28)17(20(29)26(13-6-2)32(25,30)31)22-23-18-16(21-4)14(3)24-27(18)15-10-8-7-9-11-15/h7-11,17H,5-6,12-13H2,1-3H3. The summed E-state index contributed by atoms with van der Waals surface area (Å²) in [5.74, 6) is -1.86. The maximum atomic E-state index is 12.9. The number of azo groups is 1. The molecule has 2 heterocycles. The number of rotatable bonds is 7. The van der Waals surface area contributed by atoms with Crippen LogP contribution < -0.4 is 0 Å². The highest BCUT2D eigenvalue weighted by molar-refractivity contribution is 7.88. The Kier molecular flexibility index (Phi) is 6.69. The molecule has 0 saturated carbocycles. The van der Waals surface area contributed by atoms with Gasteiger partial charge in [-0.1, -0.05) is 32.0 Å². The summed E-state index contributed by atoms with van der Waals surface area (Å²) >= 11 is 0. The Hall–Kier alpha value is -3.59. The number of hydrogen-bond donors (Lipinski definition) is 0. The zero-order valence-electron chi connectivity index (χ0n) is 18.0. The molecule has 168 valence electrons. The van der Waals surface area contributed by atoms with Crippen LogP contribution in [-0.4, -0.2) is 57.8 Å². The van der Waals surface area contributed by atoms with Gasteiger partial charge in [0.2, 0.25) is 6.04 Å². The summed E-state index contributed by atoms with van der Waals surface area (Å²) in [7, 11) is -4.26. The van der Waals surface area contributed by atoms with Crippen molar-refractivity contribution in [2.45, 2.75) is 39.7 Å². The summed E-state index contributed by atoms with van der Waals surface area (Å²) in [6.45, 7) is 12.4. The first-order valence-electron chi connectivity index (χ1n) is 10.1. The van der Waals surface area contributed by atoms with E-state index in [4.69, 9.17) is 6.57 Å². The number of aryl methyl sites for hydroxylation is 1. The van der Waals surface area contributed by atoms with Crippen LogP contribution in [0.1, 0.15) is 32.4 Å². The van der Waals surface area contributed by atoms with Crippen molar-refractivity contribution in [1.29, 1.82) is 0 Å². The van der Waals surface area contributed by atoms with Crippen molar-refractivity contribution >= 4 is 33.5 Å². The summed E-state index contributed by atoms with van der Waals surface area (Å²) < 4.78 is 28.3. The molecule has 1 aliphatic rings. The van der Waals surface area contributed by atoms with Gasteiger partial charge in [-0.15, -0.1) is 5.11 Å². The Balaban J connectivity index is 2.08. The number of benzene rings is 1. The third-order valence-electron chi connectivity index (χ3n) is 4.76. The van der Waals surface area contributed by atoms with Gasteiger partial charge in [-0.2, -0.15) is 18.6 Å². The summed E-state index contributed by atoms with van der Waals surface area (Å²) in [6, 6.07) is 7.25. The van der Waals surface area contributed by atoms with Crippen LogP contribution in [0.15, 0.2) is 40.6 Å². The van der Waals surface area contributed by atoms with Crippen LogP contribution in [0.2, 0.25) is 0 Å². The lowest BCUT2D eigenvalue weighted by Crippen LogP contribution is -2.61. The summed E-state index contributed by atoms with van der Waals surface area (Å²) in [4.78, 5) is 29.2. The molecule has 2 amide bonds. The first kappa shape index (κ1) is 23.1. The summed E-state index contributed by atoms with van der Waals surface area (Å²) in [6.07, 6.45) is 0.760. The van der Waals surface area contributed by atoms with E-state index in [0.29, 0.717) is 32.8 Å². The number of aromatic nitrogens is 2. The molecule has 32 heavy (non-hydrogen) atoms. The van der Waals surface area contributed by atoms with E-state index in [9.17, 15) is 18.0 Å². The summed E-state index contributed by atoms with van der Waals surface area (Å²) in [5, 5.41) is 12.3. The molecule has 1 aromatic heterocycles. The van der Waals surface area contributed by atoms with Crippen molar-refractivity contribution in [3.05, 3.63) is 47.4 Å². The minimum atomic E-state index is -4.26. The van der Waals surface area contributed by atoms with E-state index in [0.717, 1.165) is 0 Å². The molecule has 1 fully saturated rings. The molecule has 12 heteroatoms. The van der Waals surface area contributed by atoms with Crippen molar-refractivity contribution < 1.29 is 18.0 Å². The van der Waals surface area contributed by atoms with Crippen molar-refractivity contribution in [2.24, 2.45) is 10.2 Å². The molecule has 0 bridgehead atoms. The molecule has 0 radical (unpaired) electrons. The second kappa shape index (κ2) is 9.27. The van der Waals surface area contributed by atoms with Gasteiger partial charge in [0.05, 0.1) is 18.0 Å². The Morgan fingerprint density at radius 1 is 1.06 bits per heavy atom. The Morgan fingerprint density at radius 2 is 1.62 bits per heavy atom. The first-order valence-corrected chi connectivity index (χ1v) is 11.5. The second-order valence-electron chi connectivity index (χ2n) is 7.06. The zero-order chi connectivity index (χ0) is 23.5. The van der Waals surface area contributed by atoms with Gasteiger partial charge in [0.1, 0.15) is 0 Å². The van der Waals surface area contributed by atoms with Gasteiger partial charge >= 0.3 is 10.2 Å². The fourth-order valence-corrected chi connectivity index (χ4v) is 4.99. The van der Waals surface area contributed by atoms with E-state index in [-0.39, 0.29) is 24.6 Å². The SMILES string of the molecule is [C-]#[N+]c1c(C)nn(-c2ccccc2)c1N=NC1C(=O)N(CCC)S(=O)(=O)N(CCC)C1=O. The van der Waals surface area contributed by atoms with Crippen molar-refractivity contribution in [1.82, 2.24) is 18.4 Å². The third-order valence-corrected chi connectivity index (χ3v) is 6.59. The number of amides is 2. The predicted molar refractivity (Wildman–Crippen MR) is 116 cm³/mol. The average molecular weight is 458 g/mol. The van der Waals surface area contributed by atoms with E-state index in [2.05, 4.69) is 20.2 Å². The van der Waals surface area contributed by atoms with E-state index < -0.39 is 28.1 Å². The highest BCUT2D eigenvalue weighted by Gasteiger charge is 2.49. The molecule has 0 unspecified atom stereocenters. The molecule has 0 atom stereocenters. The Labute approximate surface area is 186 Å². The van der Waals surface area contributed by atoms with Crippen LogP contribution in [-0.2, 0) is 19.8 Å². The van der Waals surface area contributed by atoms with E-state index in [1.807, 2.05) is 6.07 Å². The fourth-order valence-electron chi connectivity index (χ4n) is 3.27. The largest absolute Gasteiger partial charge is 0.330 e. The Morgan fingerprint density at radius 3 is 2.12 bits per heavy atom. The van der Waals surface area contributed by atoms with Crippen molar-refractivity contribution in [2.75, 3.05) is 13.1 Å². The van der Waals surface area contributed by atoms with Gasteiger partial charge in [-0.3, -0.25) is 9.59 Å². The number of carbonyl (C=O) groups excluding carboxylic acids is 2. The molecule has 1 aromatic carbocycles. The molecule has 0 spiro atoms. The minimum Gasteiger partial charge on any atom is -0.271 e. The highest BCUT2D eigenvalue weighted by atomic mass is 32.2. The normalized spacial score (nSPS) is 16.7. The monoisotopic (exact) mass is 457 g/mol. The van der Waals surface area contributed by atoms with Crippen LogP contribution >= 0.6 is 0 Å². The van der Waals surface area contributed by atoms with Gasteiger partial charge in [0, 0.05) is 13.1 Å². The quantitative estimate of drug-likeness (QED) is 0.359. The highest BCUT2D eigenvalue weighted by Crippen LogP contribution is 2.34. The number of para-hydroxylation sites is 1. The van der Waals surface area contributed by atoms with Gasteiger partial charge in [-0.05, 0) is 31.9 Å². The van der Waals surface area contributed by atoms with Crippen LogP contribution in [0.5, 0.6) is 0 Å². The average Bonchev–Trinajstić information content (AvgIpc) is 3.10. The second-order valence-corrected chi connectivity index (χ2v) is 8.84. The molecule has 0 N–H and O–H groups in total. The molecule has 3 rings (SSSR count). The van der Waals surface area contributed by atoms with Gasteiger partial charge in [-0.25, -0.2) is 18.1 Å². The van der Waals surface area contributed by atoms with Crippen molar-refractivity contribution in [3.8, 4) is 5.69 Å². The van der Waals surface area contributed by atoms with Crippen LogP contribution in [0.3, 0.4) is 0 Å². The first-order chi connectivity index (χ1) is 15.3. The minimum absolute atomic E-state index is 0.0572. The van der Waals surface area contributed by atoms with Gasteiger partial charge in [0.25, 0.3) is 17.5 Å². The van der Waals surface area contributed by atoms with Gasteiger partial charge < -0.3 is 0 Å². The molecule has 0 aliphatic carbocycles. The van der Waals surface area contributed by atoms with Crippen LogP contribution in [0.4, 0.5) is 11.5 Å². The Bertz CT molecular complexity index is 1170. The number of nitrogens with zero attached hydrogens (tertiary/aromatic N) is 7. The van der Waals surface area contributed by atoms with Crippen LogP contribution in [0, 0.1) is 13.5 Å². The topological polar surface area (TPSA) is 122 Å². The van der Waals surface area contributed by atoms with Crippen LogP contribution in [0.25, 0.3) is 10.5 Å². The lowest BCUT2D eigenvalue weighted by molar-refractivity contribution is -0.140. The molecule has 1 aliphatic heterocycles. The maximum Gasteiger partial charge on any atom is 0.330 e. The molecule has 11 nitrogen and oxygen atoms in total. The number of carbonyl (C=O) groups is 2. The smallest absolute Gasteiger partial charge is 0.271 e. The predicted octanol–water partition coefficient (Wildman–Crippen LogP) is 2.92. The van der Waals surface area contributed by atoms with E-state index in [1.54, 1.807) is 45.0 Å². The molecular weight excluding hydrogens is 434 g/mol. The zero-order valence-corrected chi connectivity index (χ0v) is 18.8. The molecule has 1 saturated heterocycles. The molecule has 2 aromatic rings. The van der Waals surface area contributed by atoms with Crippen molar-refractivity contribution in [3.63, 3.8) is 0 Å². The van der Waals surface area contributed by atoms with E-state index in [1.165, 1.54) is 4.68 Å². The lowest BCUT2D eigenvalue weighted by atomic mass is 10.2. The van der Waals surface area contributed by atoms with Gasteiger partial charge in [0.15, 0.2) is 5.82 Å². The maximum absolute atomic E-state index is 12.9. The summed E-state index contributed by atoms with van der Waals surface area (Å²) in [5.41, 5.74) is 1.14. The van der Waals surface area contributed by atoms with E-state index >= 15 is 0 Å². The fraction of sp³-hybridized carbons (Fsp3) is 0.400. The third kappa shape index (κ3) is 3.99. The number of hydrogen-bond acceptors (Lipinski definition) is 7. The molecular formula is C20H23N7O4S. The lowest BCUT2D eigenvalue weighted by Gasteiger charge is -2.36.